The third-order valence-electron chi connectivity index (χ3n) is 4.30. The molecule has 2 rings (SSSR count). The first-order chi connectivity index (χ1) is 12.9. The zero-order valence-electron chi connectivity index (χ0n) is 16.5. The molecule has 0 aliphatic rings. The average Bonchev–Trinajstić information content (AvgIpc) is 2.62. The van der Waals surface area contributed by atoms with Gasteiger partial charge in [0.1, 0.15) is 19.0 Å². The quantitative estimate of drug-likeness (QED) is 0.623. The summed E-state index contributed by atoms with van der Waals surface area (Å²) < 4.78 is 17.3. The van der Waals surface area contributed by atoms with Crippen LogP contribution in [0.25, 0.3) is 0 Å². The second-order valence-electron chi connectivity index (χ2n) is 6.51. The third-order valence-corrected chi connectivity index (χ3v) is 4.30. The minimum Gasteiger partial charge on any atom is -0.490 e. The normalized spacial score (nSPS) is 10.5. The zero-order chi connectivity index (χ0) is 19.8. The zero-order valence-corrected chi connectivity index (χ0v) is 16.5. The first-order valence-electron chi connectivity index (χ1n) is 9.21. The van der Waals surface area contributed by atoms with Crippen LogP contribution in [0, 0.1) is 20.8 Å². The maximum Gasteiger partial charge on any atom is 0.303 e. The van der Waals surface area contributed by atoms with Crippen LogP contribution in [0.1, 0.15) is 35.6 Å². The number of aryl methyl sites for hydroxylation is 3. The first-order valence-corrected chi connectivity index (χ1v) is 9.21. The van der Waals surface area contributed by atoms with Gasteiger partial charge in [0, 0.05) is 6.42 Å². The molecule has 1 N–H and O–H groups in total. The van der Waals surface area contributed by atoms with Gasteiger partial charge in [-0.2, -0.15) is 0 Å². The number of benzene rings is 2. The van der Waals surface area contributed by atoms with Crippen molar-refractivity contribution in [3.8, 4) is 17.2 Å². The highest BCUT2D eigenvalue weighted by molar-refractivity contribution is 5.67. The smallest absolute Gasteiger partial charge is 0.303 e. The van der Waals surface area contributed by atoms with E-state index in [1.165, 1.54) is 11.1 Å². The Labute approximate surface area is 160 Å². The molecule has 0 fully saturated rings. The van der Waals surface area contributed by atoms with Gasteiger partial charge >= 0.3 is 5.97 Å². The van der Waals surface area contributed by atoms with E-state index in [0.29, 0.717) is 37.7 Å². The number of ether oxygens (including phenoxy) is 3. The number of carboxylic acids is 1. The fourth-order valence-electron chi connectivity index (χ4n) is 2.80. The molecule has 0 radical (unpaired) electrons. The van der Waals surface area contributed by atoms with E-state index >= 15 is 0 Å². The maximum absolute atomic E-state index is 10.7. The lowest BCUT2D eigenvalue weighted by atomic mass is 10.1. The number of rotatable bonds is 10. The highest BCUT2D eigenvalue weighted by Gasteiger charge is 2.09. The van der Waals surface area contributed by atoms with E-state index < -0.39 is 5.97 Å². The number of aliphatic carboxylic acids is 1. The number of hydrogen-bond donors (Lipinski definition) is 1. The predicted octanol–water partition coefficient (Wildman–Crippen LogP) is 4.49. The van der Waals surface area contributed by atoms with Gasteiger partial charge in [-0.3, -0.25) is 4.79 Å². The van der Waals surface area contributed by atoms with Gasteiger partial charge in [0.25, 0.3) is 0 Å². The summed E-state index contributed by atoms with van der Waals surface area (Å²) in [5, 5.41) is 8.82. The highest BCUT2D eigenvalue weighted by atomic mass is 16.5. The van der Waals surface area contributed by atoms with E-state index in [1.807, 2.05) is 38.1 Å². The minimum absolute atomic E-state index is 0.0921. The van der Waals surface area contributed by atoms with Crippen LogP contribution in [0.5, 0.6) is 17.2 Å². The Kier molecular flexibility index (Phi) is 7.53. The second kappa shape index (κ2) is 9.86. The molecular formula is C22H28O5. The van der Waals surface area contributed by atoms with Crippen molar-refractivity contribution in [2.45, 2.75) is 40.5 Å². The summed E-state index contributed by atoms with van der Waals surface area (Å²) >= 11 is 0. The van der Waals surface area contributed by atoms with E-state index in [9.17, 15) is 4.79 Å². The molecule has 146 valence electrons. The Morgan fingerprint density at radius 1 is 0.926 bits per heavy atom. The number of hydrogen-bond acceptors (Lipinski definition) is 4. The van der Waals surface area contributed by atoms with Crippen LogP contribution >= 0.6 is 0 Å². The molecule has 27 heavy (non-hydrogen) atoms. The molecule has 5 heteroatoms. The van der Waals surface area contributed by atoms with Crippen LogP contribution in [0.15, 0.2) is 30.3 Å². The molecule has 5 nitrogen and oxygen atoms in total. The van der Waals surface area contributed by atoms with Crippen molar-refractivity contribution in [2.75, 3.05) is 19.8 Å². The summed E-state index contributed by atoms with van der Waals surface area (Å²) in [7, 11) is 0. The second-order valence-corrected chi connectivity index (χ2v) is 6.51. The van der Waals surface area contributed by atoms with Gasteiger partial charge in [-0.1, -0.05) is 12.1 Å². The molecular weight excluding hydrogens is 344 g/mol. The Hall–Kier alpha value is -2.69. The van der Waals surface area contributed by atoms with Crippen molar-refractivity contribution in [3.63, 3.8) is 0 Å². The summed E-state index contributed by atoms with van der Waals surface area (Å²) in [5.41, 5.74) is 4.43. The fraction of sp³-hybridized carbons (Fsp3) is 0.409. The van der Waals surface area contributed by atoms with Gasteiger partial charge in [0.15, 0.2) is 11.5 Å². The third kappa shape index (κ3) is 6.20. The number of carboxylic acid groups (broad SMARTS) is 1. The fourth-order valence-corrected chi connectivity index (χ4v) is 2.80. The lowest BCUT2D eigenvalue weighted by Crippen LogP contribution is -2.11. The van der Waals surface area contributed by atoms with Crippen molar-refractivity contribution in [3.05, 3.63) is 52.6 Å². The molecule has 0 aliphatic heterocycles. The first kappa shape index (κ1) is 20.6. The van der Waals surface area contributed by atoms with E-state index in [2.05, 4.69) is 19.9 Å². The highest BCUT2D eigenvalue weighted by Crippen LogP contribution is 2.29. The molecule has 0 saturated heterocycles. The monoisotopic (exact) mass is 372 g/mol. The summed E-state index contributed by atoms with van der Waals surface area (Å²) in [6.45, 7) is 9.41. The van der Waals surface area contributed by atoms with Crippen LogP contribution in [0.4, 0.5) is 0 Å². The Morgan fingerprint density at radius 3 is 2.30 bits per heavy atom. The molecule has 0 bridgehead atoms. The molecule has 2 aromatic rings. The van der Waals surface area contributed by atoms with E-state index in [4.69, 9.17) is 19.3 Å². The SMILES string of the molecule is CCOc1cc(CCC(=O)O)ccc1OCCOc1cc(C)cc(C)c1C. The van der Waals surface area contributed by atoms with Crippen molar-refractivity contribution in [2.24, 2.45) is 0 Å². The van der Waals surface area contributed by atoms with Gasteiger partial charge in [0.05, 0.1) is 6.61 Å². The van der Waals surface area contributed by atoms with Gasteiger partial charge in [-0.15, -0.1) is 0 Å². The molecule has 0 saturated carbocycles. The predicted molar refractivity (Wildman–Crippen MR) is 105 cm³/mol. The van der Waals surface area contributed by atoms with Crippen LogP contribution in [-0.4, -0.2) is 30.9 Å². The van der Waals surface area contributed by atoms with E-state index in [0.717, 1.165) is 16.9 Å². The summed E-state index contributed by atoms with van der Waals surface area (Å²) in [4.78, 5) is 10.7. The van der Waals surface area contributed by atoms with Gasteiger partial charge in [0.2, 0.25) is 0 Å². The maximum atomic E-state index is 10.7. The molecule has 0 atom stereocenters. The Balaban J connectivity index is 1.95. The standard InChI is InChI=1S/C22H28O5/c1-5-25-21-14-18(7-9-22(23)24)6-8-19(21)26-10-11-27-20-13-15(2)12-16(3)17(20)4/h6,8,12-14H,5,7,9-11H2,1-4H3,(H,23,24). The number of carbonyl (C=O) groups is 1. The average molecular weight is 372 g/mol. The van der Waals surface area contributed by atoms with Crippen molar-refractivity contribution in [1.29, 1.82) is 0 Å². The summed E-state index contributed by atoms with van der Waals surface area (Å²) in [6.07, 6.45) is 0.555. The Morgan fingerprint density at radius 2 is 1.63 bits per heavy atom. The van der Waals surface area contributed by atoms with E-state index in [1.54, 1.807) is 0 Å². The minimum atomic E-state index is -0.813. The lowest BCUT2D eigenvalue weighted by Gasteiger charge is -2.15. The molecule has 2 aromatic carbocycles. The molecule has 0 aliphatic carbocycles. The summed E-state index contributed by atoms with van der Waals surface area (Å²) in [6, 6.07) is 9.71. The van der Waals surface area contributed by atoms with Gasteiger partial charge < -0.3 is 19.3 Å². The Bertz CT molecular complexity index is 783. The van der Waals surface area contributed by atoms with Crippen LogP contribution in [-0.2, 0) is 11.2 Å². The molecule has 0 amide bonds. The lowest BCUT2D eigenvalue weighted by molar-refractivity contribution is -0.136. The van der Waals surface area contributed by atoms with Crippen molar-refractivity contribution in [1.82, 2.24) is 0 Å². The topological polar surface area (TPSA) is 65.0 Å². The van der Waals surface area contributed by atoms with Crippen molar-refractivity contribution < 1.29 is 24.1 Å². The molecule has 0 spiro atoms. The van der Waals surface area contributed by atoms with Crippen LogP contribution in [0.2, 0.25) is 0 Å². The molecule has 0 unspecified atom stereocenters. The van der Waals surface area contributed by atoms with Crippen LogP contribution in [0.3, 0.4) is 0 Å². The van der Waals surface area contributed by atoms with Gasteiger partial charge in [-0.05, 0) is 74.6 Å². The van der Waals surface area contributed by atoms with Crippen molar-refractivity contribution >= 4 is 5.97 Å². The largest absolute Gasteiger partial charge is 0.490 e. The van der Waals surface area contributed by atoms with Gasteiger partial charge in [-0.25, -0.2) is 0 Å². The van der Waals surface area contributed by atoms with E-state index in [-0.39, 0.29) is 6.42 Å². The summed E-state index contributed by atoms with van der Waals surface area (Å²) in [5.74, 6) is 1.33. The molecule has 0 aromatic heterocycles. The van der Waals surface area contributed by atoms with Crippen LogP contribution < -0.4 is 14.2 Å². The molecule has 0 heterocycles.